The van der Waals surface area contributed by atoms with E-state index in [4.69, 9.17) is 9.26 Å². The van der Waals surface area contributed by atoms with E-state index >= 15 is 0 Å². The van der Waals surface area contributed by atoms with Crippen molar-refractivity contribution in [3.05, 3.63) is 11.7 Å². The highest BCUT2D eigenvalue weighted by Gasteiger charge is 2.44. The Morgan fingerprint density at radius 2 is 2.20 bits per heavy atom. The van der Waals surface area contributed by atoms with E-state index in [1.54, 1.807) is 0 Å². The smallest absolute Gasteiger partial charge is 0.226 e. The van der Waals surface area contributed by atoms with Crippen LogP contribution in [0.15, 0.2) is 4.52 Å². The molecule has 1 saturated heterocycles. The summed E-state index contributed by atoms with van der Waals surface area (Å²) in [5.41, 5.74) is 0. The van der Waals surface area contributed by atoms with E-state index in [2.05, 4.69) is 15.5 Å². The van der Waals surface area contributed by atoms with Gasteiger partial charge in [0.1, 0.15) is 0 Å². The van der Waals surface area contributed by atoms with Crippen LogP contribution in [0.2, 0.25) is 0 Å². The fraction of sp³-hybridized carbons (Fsp3) is 0.800. The Morgan fingerprint density at radius 3 is 2.88 bits per heavy atom. The Hall–Kier alpha value is -1.52. The number of ether oxygens (including phenoxy) is 1. The van der Waals surface area contributed by atoms with Gasteiger partial charge in [-0.15, -0.1) is 0 Å². The molecule has 1 amide bonds. The molecule has 1 aliphatic carbocycles. The number of hydrogen-bond donors (Lipinski definition) is 1. The molecule has 1 N–H and O–H groups in total. The molecule has 0 spiro atoms. The minimum atomic E-state index is -3.31. The average Bonchev–Trinajstić information content (AvgIpc) is 3.36. The van der Waals surface area contributed by atoms with E-state index in [-0.39, 0.29) is 24.2 Å². The normalized spacial score (nSPS) is 22.0. The SMILES string of the molecule is CCc1nc(CCNC(=O)C[C@H]2COCCN2S(=O)(=O)C2CC2)no1. The maximum absolute atomic E-state index is 12.5. The molecular weight excluding hydrogens is 348 g/mol. The highest BCUT2D eigenvalue weighted by molar-refractivity contribution is 7.90. The molecule has 1 aromatic heterocycles. The van der Waals surface area contributed by atoms with E-state index in [1.807, 2.05) is 6.92 Å². The van der Waals surface area contributed by atoms with Crippen molar-refractivity contribution in [2.75, 3.05) is 26.3 Å². The number of amides is 1. The summed E-state index contributed by atoms with van der Waals surface area (Å²) in [4.78, 5) is 16.3. The van der Waals surface area contributed by atoms with Gasteiger partial charge in [-0.25, -0.2) is 8.42 Å². The van der Waals surface area contributed by atoms with Crippen LogP contribution in [-0.2, 0) is 32.4 Å². The van der Waals surface area contributed by atoms with Crippen LogP contribution in [0, 0.1) is 0 Å². The van der Waals surface area contributed by atoms with Gasteiger partial charge < -0.3 is 14.6 Å². The Balaban J connectivity index is 1.48. The summed E-state index contributed by atoms with van der Waals surface area (Å²) in [6, 6.07) is -0.434. The summed E-state index contributed by atoms with van der Waals surface area (Å²) in [6.45, 7) is 3.25. The lowest BCUT2D eigenvalue weighted by Crippen LogP contribution is -2.51. The Bertz CT molecular complexity index is 701. The number of sulfonamides is 1. The van der Waals surface area contributed by atoms with Crippen molar-refractivity contribution >= 4 is 15.9 Å². The third kappa shape index (κ3) is 4.56. The molecular formula is C15H24N4O5S. The highest BCUT2D eigenvalue weighted by Crippen LogP contribution is 2.33. The molecule has 0 aromatic carbocycles. The number of hydrogen-bond acceptors (Lipinski definition) is 7. The fourth-order valence-electron chi connectivity index (χ4n) is 2.83. The second-order valence-electron chi connectivity index (χ2n) is 6.35. The molecule has 2 aliphatic rings. The predicted octanol–water partition coefficient (Wildman–Crippen LogP) is -0.126. The van der Waals surface area contributed by atoms with E-state index in [0.717, 1.165) is 0 Å². The quantitative estimate of drug-likeness (QED) is 0.676. The molecule has 0 unspecified atom stereocenters. The van der Waals surface area contributed by atoms with Crippen molar-refractivity contribution in [1.82, 2.24) is 19.8 Å². The second-order valence-corrected chi connectivity index (χ2v) is 8.51. The van der Waals surface area contributed by atoms with Gasteiger partial charge in [-0.2, -0.15) is 9.29 Å². The number of aromatic nitrogens is 2. The zero-order chi connectivity index (χ0) is 17.9. The lowest BCUT2D eigenvalue weighted by molar-refractivity contribution is -0.123. The minimum absolute atomic E-state index is 0.0956. The molecule has 2 heterocycles. The molecule has 2 fully saturated rings. The number of rotatable bonds is 8. The molecule has 1 aromatic rings. The van der Waals surface area contributed by atoms with Gasteiger partial charge in [-0.1, -0.05) is 12.1 Å². The highest BCUT2D eigenvalue weighted by atomic mass is 32.2. The van der Waals surface area contributed by atoms with E-state index < -0.39 is 16.1 Å². The number of carbonyl (C=O) groups is 1. The minimum Gasteiger partial charge on any atom is -0.378 e. The predicted molar refractivity (Wildman–Crippen MR) is 88.3 cm³/mol. The fourth-order valence-corrected chi connectivity index (χ4v) is 4.82. The summed E-state index contributed by atoms with van der Waals surface area (Å²) in [6.07, 6.45) is 2.66. The molecule has 25 heavy (non-hydrogen) atoms. The summed E-state index contributed by atoms with van der Waals surface area (Å²) < 4.78 is 36.8. The first-order chi connectivity index (χ1) is 12.0. The van der Waals surface area contributed by atoms with Gasteiger partial charge in [-0.3, -0.25) is 4.79 Å². The maximum Gasteiger partial charge on any atom is 0.226 e. The molecule has 0 radical (unpaired) electrons. The van der Waals surface area contributed by atoms with Gasteiger partial charge in [0.2, 0.25) is 21.8 Å². The third-order valence-corrected chi connectivity index (χ3v) is 6.80. The number of nitrogens with zero attached hydrogens (tertiary/aromatic N) is 3. The number of carbonyl (C=O) groups excluding carboxylic acids is 1. The van der Waals surface area contributed by atoms with Crippen LogP contribution in [0.1, 0.15) is 37.9 Å². The lowest BCUT2D eigenvalue weighted by Gasteiger charge is -2.34. The first-order valence-electron chi connectivity index (χ1n) is 8.67. The molecule has 9 nitrogen and oxygen atoms in total. The summed E-state index contributed by atoms with van der Waals surface area (Å²) in [7, 11) is -3.31. The van der Waals surface area contributed by atoms with Crippen LogP contribution in [0.3, 0.4) is 0 Å². The first-order valence-corrected chi connectivity index (χ1v) is 10.2. The molecule has 1 atom stereocenters. The van der Waals surface area contributed by atoms with Crippen LogP contribution < -0.4 is 5.32 Å². The number of nitrogens with one attached hydrogen (secondary N) is 1. The number of morpholine rings is 1. The summed E-state index contributed by atoms with van der Waals surface area (Å²) in [5, 5.41) is 6.33. The van der Waals surface area contributed by atoms with Gasteiger partial charge in [0, 0.05) is 32.4 Å². The molecule has 1 saturated carbocycles. The van der Waals surface area contributed by atoms with Gasteiger partial charge >= 0.3 is 0 Å². The monoisotopic (exact) mass is 372 g/mol. The van der Waals surface area contributed by atoms with Crippen molar-refractivity contribution in [3.8, 4) is 0 Å². The van der Waals surface area contributed by atoms with Crippen LogP contribution in [-0.4, -0.2) is 66.4 Å². The summed E-state index contributed by atoms with van der Waals surface area (Å²) >= 11 is 0. The molecule has 0 bridgehead atoms. The standard InChI is InChI=1S/C15H24N4O5S/c1-2-15-17-13(18-24-15)5-6-16-14(20)9-11-10-23-8-7-19(11)25(21,22)12-3-4-12/h11-12H,2-10H2,1H3,(H,16,20)/t11-/m0/s1. The molecule has 140 valence electrons. The van der Waals surface area contributed by atoms with Gasteiger partial charge in [0.25, 0.3) is 0 Å². The van der Waals surface area contributed by atoms with Crippen molar-refractivity contribution in [3.63, 3.8) is 0 Å². The Morgan fingerprint density at radius 1 is 1.40 bits per heavy atom. The largest absolute Gasteiger partial charge is 0.378 e. The van der Waals surface area contributed by atoms with Gasteiger partial charge in [0.05, 0.1) is 24.5 Å². The molecule has 1 aliphatic heterocycles. The summed E-state index contributed by atoms with van der Waals surface area (Å²) in [5.74, 6) is 0.920. The van der Waals surface area contributed by atoms with Crippen LogP contribution in [0.25, 0.3) is 0 Å². The third-order valence-electron chi connectivity index (χ3n) is 4.35. The van der Waals surface area contributed by atoms with E-state index in [9.17, 15) is 13.2 Å². The lowest BCUT2D eigenvalue weighted by atomic mass is 10.2. The van der Waals surface area contributed by atoms with E-state index in [1.165, 1.54) is 4.31 Å². The number of aryl methyl sites for hydroxylation is 1. The van der Waals surface area contributed by atoms with Crippen LogP contribution >= 0.6 is 0 Å². The van der Waals surface area contributed by atoms with Crippen molar-refractivity contribution in [1.29, 1.82) is 0 Å². The van der Waals surface area contributed by atoms with Crippen LogP contribution in [0.4, 0.5) is 0 Å². The first kappa shape index (κ1) is 18.3. The molecule has 10 heteroatoms. The van der Waals surface area contributed by atoms with Crippen LogP contribution in [0.5, 0.6) is 0 Å². The van der Waals surface area contributed by atoms with E-state index in [0.29, 0.717) is 57.1 Å². The van der Waals surface area contributed by atoms with Crippen molar-refractivity contribution in [2.45, 2.75) is 50.3 Å². The van der Waals surface area contributed by atoms with Gasteiger partial charge in [-0.05, 0) is 12.8 Å². The van der Waals surface area contributed by atoms with Gasteiger partial charge in [0.15, 0.2) is 5.82 Å². The molecule has 3 rings (SSSR count). The van der Waals surface area contributed by atoms with Crippen molar-refractivity contribution in [2.24, 2.45) is 0 Å². The Kier molecular flexibility index (Phi) is 5.70. The Labute approximate surface area is 147 Å². The second kappa shape index (κ2) is 7.79. The maximum atomic E-state index is 12.5. The topological polar surface area (TPSA) is 115 Å². The zero-order valence-electron chi connectivity index (χ0n) is 14.3. The zero-order valence-corrected chi connectivity index (χ0v) is 15.1. The van der Waals surface area contributed by atoms with Crippen molar-refractivity contribution < 1.29 is 22.5 Å². The average molecular weight is 372 g/mol.